The van der Waals surface area contributed by atoms with Crippen LogP contribution in [0.2, 0.25) is 0 Å². The van der Waals surface area contributed by atoms with Gasteiger partial charge in [0.1, 0.15) is 13.2 Å². The highest BCUT2D eigenvalue weighted by molar-refractivity contribution is 5.71. The molecule has 0 aliphatic carbocycles. The summed E-state index contributed by atoms with van der Waals surface area (Å²) in [5.41, 5.74) is 0. The summed E-state index contributed by atoms with van der Waals surface area (Å²) in [6.45, 7) is 6.51. The molecule has 1 atom stereocenters. The van der Waals surface area contributed by atoms with Crippen LogP contribution in [0, 0.1) is 0 Å². The van der Waals surface area contributed by atoms with E-state index in [1.165, 1.54) is 77.0 Å². The highest BCUT2D eigenvalue weighted by atomic mass is 16.6. The number of allylic oxidation sites excluding steroid dienone is 16. The molecule has 0 aliphatic rings. The van der Waals surface area contributed by atoms with E-state index in [9.17, 15) is 14.4 Å². The second-order valence-electron chi connectivity index (χ2n) is 18.1. The molecule has 0 N–H and O–H groups in total. The van der Waals surface area contributed by atoms with Crippen molar-refractivity contribution in [3.8, 4) is 0 Å². The average Bonchev–Trinajstić information content (AvgIpc) is 3.33. The topological polar surface area (TPSA) is 78.9 Å². The maximum atomic E-state index is 12.8. The van der Waals surface area contributed by atoms with Crippen molar-refractivity contribution in [2.24, 2.45) is 0 Å². The zero-order valence-corrected chi connectivity index (χ0v) is 43.6. The lowest BCUT2D eigenvalue weighted by atomic mass is 10.1. The summed E-state index contributed by atoms with van der Waals surface area (Å²) in [5, 5.41) is 0. The first-order valence-corrected chi connectivity index (χ1v) is 27.7. The van der Waals surface area contributed by atoms with Gasteiger partial charge < -0.3 is 14.2 Å². The number of ether oxygens (including phenoxy) is 3. The fraction of sp³-hybridized carbons (Fsp3) is 0.689. The highest BCUT2D eigenvalue weighted by Gasteiger charge is 2.19. The van der Waals surface area contributed by atoms with Gasteiger partial charge in [0.05, 0.1) is 0 Å². The molecular formula is C61H102O6. The van der Waals surface area contributed by atoms with Crippen LogP contribution in [0.25, 0.3) is 0 Å². The SMILES string of the molecule is CCCCC/C=C\C/C=C\C/C=C\CCCCCCC(=O)OC[C@@H](COC(=O)CCCCCCC/C=C\C/C=C\CCCCC)OC(=O)CCCCCC/C=C\C/C=C\C/C=C\CCCCC. The first-order valence-electron chi connectivity index (χ1n) is 27.7. The van der Waals surface area contributed by atoms with Crippen molar-refractivity contribution in [3.05, 3.63) is 97.2 Å². The van der Waals surface area contributed by atoms with Gasteiger partial charge in [-0.15, -0.1) is 0 Å². The maximum absolute atomic E-state index is 12.8. The first kappa shape index (κ1) is 63.3. The van der Waals surface area contributed by atoms with Gasteiger partial charge in [-0.1, -0.05) is 201 Å². The minimum Gasteiger partial charge on any atom is -0.462 e. The first-order chi connectivity index (χ1) is 33.0. The van der Waals surface area contributed by atoms with Gasteiger partial charge in [-0.25, -0.2) is 0 Å². The monoisotopic (exact) mass is 931 g/mol. The lowest BCUT2D eigenvalue weighted by molar-refractivity contribution is -0.167. The van der Waals surface area contributed by atoms with Crippen LogP contribution < -0.4 is 0 Å². The standard InChI is InChI=1S/C61H102O6/c1-4-7-10-13-16-19-22-25-28-30-33-36-39-42-45-48-51-54-60(63)66-57-58(56-65-59(62)53-50-47-44-41-38-35-32-27-24-21-18-15-12-9-6-3)67-61(64)55-52-49-46-43-40-37-34-31-29-26-23-20-17-14-11-8-5-2/h16-21,25-29,32-34,36-37,58H,4-15,22-24,30-31,35,38-57H2,1-3H3/b19-16-,20-17-,21-18-,28-25-,29-26-,32-27-,36-33-,37-34-/t58-/m1/s1. The predicted octanol–water partition coefficient (Wildman–Crippen LogP) is 18.5. The molecule has 0 aromatic heterocycles. The molecule has 0 fully saturated rings. The fourth-order valence-electron chi connectivity index (χ4n) is 7.31. The second-order valence-corrected chi connectivity index (χ2v) is 18.1. The largest absolute Gasteiger partial charge is 0.462 e. The van der Waals surface area contributed by atoms with Crippen molar-refractivity contribution in [2.75, 3.05) is 13.2 Å². The van der Waals surface area contributed by atoms with Gasteiger partial charge in [0.25, 0.3) is 0 Å². The lowest BCUT2D eigenvalue weighted by Gasteiger charge is -2.18. The van der Waals surface area contributed by atoms with E-state index >= 15 is 0 Å². The van der Waals surface area contributed by atoms with Crippen molar-refractivity contribution in [3.63, 3.8) is 0 Å². The third-order valence-electron chi connectivity index (χ3n) is 11.5. The Morgan fingerprint density at radius 2 is 0.537 bits per heavy atom. The Bertz CT molecular complexity index is 1350. The number of carbonyl (C=O) groups is 3. The van der Waals surface area contributed by atoms with Crippen LogP contribution in [-0.4, -0.2) is 37.2 Å². The van der Waals surface area contributed by atoms with Crippen molar-refractivity contribution in [1.29, 1.82) is 0 Å². The Morgan fingerprint density at radius 1 is 0.299 bits per heavy atom. The molecule has 0 bridgehead atoms. The average molecular weight is 931 g/mol. The van der Waals surface area contributed by atoms with E-state index in [1.54, 1.807) is 0 Å². The summed E-state index contributed by atoms with van der Waals surface area (Å²) in [5.74, 6) is -0.959. The quantitative estimate of drug-likeness (QED) is 0.0262. The fourth-order valence-corrected chi connectivity index (χ4v) is 7.31. The minimum absolute atomic E-state index is 0.102. The molecule has 0 saturated carbocycles. The molecule has 0 heterocycles. The van der Waals surface area contributed by atoms with Gasteiger partial charge in [0.15, 0.2) is 6.10 Å². The van der Waals surface area contributed by atoms with Gasteiger partial charge in [-0.3, -0.25) is 14.4 Å². The zero-order chi connectivity index (χ0) is 48.6. The third kappa shape index (κ3) is 53.2. The van der Waals surface area contributed by atoms with E-state index in [1.807, 2.05) is 0 Å². The van der Waals surface area contributed by atoms with E-state index < -0.39 is 6.10 Å². The molecule has 0 aromatic rings. The molecule has 67 heavy (non-hydrogen) atoms. The number of carbonyl (C=O) groups excluding carboxylic acids is 3. The van der Waals surface area contributed by atoms with Crippen molar-refractivity contribution >= 4 is 17.9 Å². The van der Waals surface area contributed by atoms with E-state index in [4.69, 9.17) is 14.2 Å². The Labute approximate surface area is 413 Å². The van der Waals surface area contributed by atoms with Gasteiger partial charge >= 0.3 is 17.9 Å². The second kappa shape index (κ2) is 54.9. The highest BCUT2D eigenvalue weighted by Crippen LogP contribution is 2.13. The summed E-state index contributed by atoms with van der Waals surface area (Å²) in [6, 6.07) is 0. The molecular weight excluding hydrogens is 829 g/mol. The number of rotatable bonds is 49. The van der Waals surface area contributed by atoms with E-state index in [2.05, 4.69) is 118 Å². The van der Waals surface area contributed by atoms with Crippen molar-refractivity contribution in [1.82, 2.24) is 0 Å². The van der Waals surface area contributed by atoms with Gasteiger partial charge in [-0.05, 0) is 128 Å². The van der Waals surface area contributed by atoms with Gasteiger partial charge in [0, 0.05) is 19.3 Å². The Balaban J connectivity index is 4.51. The summed E-state index contributed by atoms with van der Waals surface area (Å²) in [7, 11) is 0. The molecule has 0 rings (SSSR count). The smallest absolute Gasteiger partial charge is 0.306 e. The molecule has 0 aliphatic heterocycles. The number of hydrogen-bond donors (Lipinski definition) is 0. The summed E-state index contributed by atoms with van der Waals surface area (Å²) < 4.78 is 16.8. The van der Waals surface area contributed by atoms with Gasteiger partial charge in [0.2, 0.25) is 0 Å². The molecule has 0 radical (unpaired) electrons. The van der Waals surface area contributed by atoms with E-state index in [0.717, 1.165) is 135 Å². The van der Waals surface area contributed by atoms with Crippen LogP contribution in [0.5, 0.6) is 0 Å². The molecule has 0 aromatic carbocycles. The minimum atomic E-state index is -0.806. The molecule has 0 spiro atoms. The van der Waals surface area contributed by atoms with Crippen LogP contribution >= 0.6 is 0 Å². The predicted molar refractivity (Wildman–Crippen MR) is 288 cm³/mol. The van der Waals surface area contributed by atoms with E-state index in [0.29, 0.717) is 19.3 Å². The molecule has 0 amide bonds. The normalized spacial score (nSPS) is 12.8. The van der Waals surface area contributed by atoms with Crippen LogP contribution in [0.15, 0.2) is 97.2 Å². The Kier molecular flexibility index (Phi) is 51.9. The van der Waals surface area contributed by atoms with Crippen molar-refractivity contribution < 1.29 is 28.6 Å². The lowest BCUT2D eigenvalue weighted by Crippen LogP contribution is -2.30. The molecule has 6 nitrogen and oxygen atoms in total. The molecule has 6 heteroatoms. The molecule has 0 saturated heterocycles. The summed E-state index contributed by atoms with van der Waals surface area (Å²) in [4.78, 5) is 38.1. The van der Waals surface area contributed by atoms with Crippen LogP contribution in [-0.2, 0) is 28.6 Å². The Morgan fingerprint density at radius 3 is 0.836 bits per heavy atom. The third-order valence-corrected chi connectivity index (χ3v) is 11.5. The van der Waals surface area contributed by atoms with Gasteiger partial charge in [-0.2, -0.15) is 0 Å². The molecule has 0 unspecified atom stereocenters. The molecule has 382 valence electrons. The number of hydrogen-bond acceptors (Lipinski definition) is 6. The van der Waals surface area contributed by atoms with Crippen LogP contribution in [0.3, 0.4) is 0 Å². The number of esters is 3. The number of unbranched alkanes of at least 4 members (excludes halogenated alkanes) is 22. The van der Waals surface area contributed by atoms with Crippen molar-refractivity contribution in [2.45, 2.75) is 258 Å². The van der Waals surface area contributed by atoms with Crippen LogP contribution in [0.1, 0.15) is 252 Å². The van der Waals surface area contributed by atoms with E-state index in [-0.39, 0.29) is 31.1 Å². The zero-order valence-electron chi connectivity index (χ0n) is 43.6. The van der Waals surface area contributed by atoms with Crippen LogP contribution in [0.4, 0.5) is 0 Å². The Hall–Kier alpha value is -3.67. The summed E-state index contributed by atoms with van der Waals surface area (Å²) in [6.07, 6.45) is 72.4. The summed E-state index contributed by atoms with van der Waals surface area (Å²) >= 11 is 0. The maximum Gasteiger partial charge on any atom is 0.306 e.